The summed E-state index contributed by atoms with van der Waals surface area (Å²) >= 11 is 1.72. The van der Waals surface area contributed by atoms with Gasteiger partial charge in [0.05, 0.1) is 0 Å². The van der Waals surface area contributed by atoms with Gasteiger partial charge in [0, 0.05) is 16.7 Å². The van der Waals surface area contributed by atoms with Crippen molar-refractivity contribution in [1.29, 1.82) is 0 Å². The highest BCUT2D eigenvalue weighted by molar-refractivity contribution is 7.99. The predicted octanol–water partition coefficient (Wildman–Crippen LogP) is 4.28. The normalized spacial score (nSPS) is 12.3. The minimum Gasteiger partial charge on any atom is -0.313 e. The van der Waals surface area contributed by atoms with Gasteiger partial charge in [0.15, 0.2) is 11.6 Å². The zero-order chi connectivity index (χ0) is 15.1. The number of benzene rings is 2. The van der Waals surface area contributed by atoms with E-state index < -0.39 is 11.6 Å². The summed E-state index contributed by atoms with van der Waals surface area (Å²) in [6, 6.07) is 14.5. The molecule has 112 valence electrons. The first kappa shape index (κ1) is 16.0. The van der Waals surface area contributed by atoms with Gasteiger partial charge < -0.3 is 5.32 Å². The van der Waals surface area contributed by atoms with Crippen molar-refractivity contribution in [2.75, 3.05) is 12.3 Å². The molecule has 0 spiro atoms. The van der Waals surface area contributed by atoms with E-state index in [0.717, 1.165) is 18.4 Å². The van der Waals surface area contributed by atoms with Crippen LogP contribution in [0, 0.1) is 11.6 Å². The van der Waals surface area contributed by atoms with Gasteiger partial charge in [-0.3, -0.25) is 0 Å². The fourth-order valence-electron chi connectivity index (χ4n) is 2.16. The molecular formula is C17H19F2NS. The molecule has 0 amide bonds. The van der Waals surface area contributed by atoms with E-state index in [0.29, 0.717) is 12.0 Å². The molecule has 0 radical (unpaired) electrons. The van der Waals surface area contributed by atoms with Gasteiger partial charge >= 0.3 is 0 Å². The van der Waals surface area contributed by atoms with Crippen LogP contribution in [-0.2, 0) is 6.42 Å². The van der Waals surface area contributed by atoms with Gasteiger partial charge in [-0.25, -0.2) is 8.78 Å². The molecule has 0 heterocycles. The van der Waals surface area contributed by atoms with Gasteiger partial charge in [-0.05, 0) is 36.7 Å². The van der Waals surface area contributed by atoms with Crippen LogP contribution >= 0.6 is 11.8 Å². The summed E-state index contributed by atoms with van der Waals surface area (Å²) in [4.78, 5) is 1.18. The van der Waals surface area contributed by atoms with E-state index in [4.69, 9.17) is 0 Å². The summed E-state index contributed by atoms with van der Waals surface area (Å²) in [5.74, 6) is -0.697. The second-order valence-electron chi connectivity index (χ2n) is 4.80. The lowest BCUT2D eigenvalue weighted by Crippen LogP contribution is -2.33. The maximum absolute atomic E-state index is 13.8. The molecule has 0 saturated carbocycles. The van der Waals surface area contributed by atoms with E-state index in [-0.39, 0.29) is 6.04 Å². The fraction of sp³-hybridized carbons (Fsp3) is 0.294. The molecule has 1 unspecified atom stereocenters. The molecule has 1 nitrogen and oxygen atoms in total. The first-order chi connectivity index (χ1) is 10.2. The van der Waals surface area contributed by atoms with Gasteiger partial charge in [-0.15, -0.1) is 11.8 Å². The highest BCUT2D eigenvalue weighted by Gasteiger charge is 2.14. The number of nitrogens with one attached hydrogen (secondary N) is 1. The summed E-state index contributed by atoms with van der Waals surface area (Å²) in [6.07, 6.45) is 0.483. The Morgan fingerprint density at radius 3 is 2.52 bits per heavy atom. The van der Waals surface area contributed by atoms with Crippen LogP contribution in [0.15, 0.2) is 53.4 Å². The minimum atomic E-state index is -0.779. The Labute approximate surface area is 128 Å². The Morgan fingerprint density at radius 2 is 1.81 bits per heavy atom. The highest BCUT2D eigenvalue weighted by Crippen LogP contribution is 2.20. The topological polar surface area (TPSA) is 12.0 Å². The van der Waals surface area contributed by atoms with E-state index in [1.54, 1.807) is 23.9 Å². The van der Waals surface area contributed by atoms with Crippen LogP contribution in [0.25, 0.3) is 0 Å². The number of hydrogen-bond donors (Lipinski definition) is 1. The molecule has 1 atom stereocenters. The van der Waals surface area contributed by atoms with Crippen molar-refractivity contribution in [1.82, 2.24) is 5.32 Å². The zero-order valence-electron chi connectivity index (χ0n) is 12.0. The van der Waals surface area contributed by atoms with E-state index >= 15 is 0 Å². The molecule has 0 aliphatic rings. The second-order valence-corrected chi connectivity index (χ2v) is 5.89. The molecule has 0 fully saturated rings. The average molecular weight is 307 g/mol. The Morgan fingerprint density at radius 1 is 1.05 bits per heavy atom. The zero-order valence-corrected chi connectivity index (χ0v) is 12.8. The third kappa shape index (κ3) is 4.83. The smallest absolute Gasteiger partial charge is 0.162 e. The summed E-state index contributed by atoms with van der Waals surface area (Å²) in [5, 5.41) is 3.34. The van der Waals surface area contributed by atoms with Crippen molar-refractivity contribution < 1.29 is 8.78 Å². The van der Waals surface area contributed by atoms with Crippen LogP contribution in [0.5, 0.6) is 0 Å². The second kappa shape index (κ2) is 8.15. The quantitative estimate of drug-likeness (QED) is 0.766. The van der Waals surface area contributed by atoms with Crippen molar-refractivity contribution in [3.05, 3.63) is 65.7 Å². The number of hydrogen-bond acceptors (Lipinski definition) is 2. The lowest BCUT2D eigenvalue weighted by Gasteiger charge is -2.18. The Kier molecular flexibility index (Phi) is 6.21. The van der Waals surface area contributed by atoms with Crippen LogP contribution in [0.4, 0.5) is 8.78 Å². The highest BCUT2D eigenvalue weighted by atomic mass is 32.2. The minimum absolute atomic E-state index is 0.108. The molecule has 4 heteroatoms. The third-order valence-electron chi connectivity index (χ3n) is 3.19. The van der Waals surface area contributed by atoms with Crippen molar-refractivity contribution >= 4 is 11.8 Å². The monoisotopic (exact) mass is 307 g/mol. The lowest BCUT2D eigenvalue weighted by molar-refractivity contribution is 0.486. The first-order valence-corrected chi connectivity index (χ1v) is 8.03. The van der Waals surface area contributed by atoms with Gasteiger partial charge in [-0.2, -0.15) is 0 Å². The molecule has 0 bridgehead atoms. The van der Waals surface area contributed by atoms with Crippen LogP contribution in [-0.4, -0.2) is 18.3 Å². The molecule has 2 aromatic rings. The van der Waals surface area contributed by atoms with Crippen molar-refractivity contribution in [2.24, 2.45) is 0 Å². The predicted molar refractivity (Wildman–Crippen MR) is 84.7 cm³/mol. The molecule has 2 rings (SSSR count). The fourth-order valence-corrected chi connectivity index (χ4v) is 3.14. The Hall–Kier alpha value is -1.39. The van der Waals surface area contributed by atoms with Gasteiger partial charge in [0.2, 0.25) is 0 Å². The van der Waals surface area contributed by atoms with E-state index in [1.165, 1.54) is 4.90 Å². The molecule has 1 N–H and O–H groups in total. The van der Waals surface area contributed by atoms with Gasteiger partial charge in [0.1, 0.15) is 0 Å². The van der Waals surface area contributed by atoms with E-state index in [1.807, 2.05) is 25.1 Å². The number of halogens is 2. The van der Waals surface area contributed by atoms with Crippen LogP contribution in [0.2, 0.25) is 0 Å². The average Bonchev–Trinajstić information content (AvgIpc) is 2.50. The molecule has 21 heavy (non-hydrogen) atoms. The van der Waals surface area contributed by atoms with E-state index in [9.17, 15) is 8.78 Å². The number of rotatable bonds is 7. The van der Waals surface area contributed by atoms with Gasteiger partial charge in [0.25, 0.3) is 0 Å². The number of likely N-dealkylation sites (N-methyl/N-ethyl adjacent to an activating group) is 1. The maximum atomic E-state index is 13.8. The maximum Gasteiger partial charge on any atom is 0.162 e. The SMILES string of the molecule is CCNC(CSc1ccccc1)Cc1cccc(F)c1F. The van der Waals surface area contributed by atoms with Crippen molar-refractivity contribution in [2.45, 2.75) is 24.3 Å². The molecule has 0 saturated heterocycles. The summed E-state index contributed by atoms with van der Waals surface area (Å²) in [6.45, 7) is 2.82. The summed E-state index contributed by atoms with van der Waals surface area (Å²) in [5.41, 5.74) is 0.426. The molecule has 0 aliphatic carbocycles. The Bertz CT molecular complexity index is 560. The van der Waals surface area contributed by atoms with E-state index in [2.05, 4.69) is 17.4 Å². The molecule has 0 aromatic heterocycles. The van der Waals surface area contributed by atoms with Gasteiger partial charge in [-0.1, -0.05) is 37.3 Å². The van der Waals surface area contributed by atoms with Crippen molar-refractivity contribution in [3.63, 3.8) is 0 Å². The Balaban J connectivity index is 2.00. The number of thioether (sulfide) groups is 1. The largest absolute Gasteiger partial charge is 0.313 e. The molecule has 2 aromatic carbocycles. The van der Waals surface area contributed by atoms with Crippen LogP contribution in [0.1, 0.15) is 12.5 Å². The lowest BCUT2D eigenvalue weighted by atomic mass is 10.1. The third-order valence-corrected chi connectivity index (χ3v) is 4.36. The van der Waals surface area contributed by atoms with Crippen LogP contribution in [0.3, 0.4) is 0 Å². The summed E-state index contributed by atoms with van der Waals surface area (Å²) in [7, 11) is 0. The van der Waals surface area contributed by atoms with Crippen molar-refractivity contribution in [3.8, 4) is 0 Å². The first-order valence-electron chi connectivity index (χ1n) is 7.04. The summed E-state index contributed by atoms with van der Waals surface area (Å²) < 4.78 is 27.0. The molecule has 0 aliphatic heterocycles. The standard InChI is InChI=1S/C17H19F2NS/c1-2-20-14(12-21-15-8-4-3-5-9-15)11-13-7-6-10-16(18)17(13)19/h3-10,14,20H,2,11-12H2,1H3. The van der Waals surface area contributed by atoms with Crippen LogP contribution < -0.4 is 5.32 Å². The molecular weight excluding hydrogens is 288 g/mol.